The van der Waals surface area contributed by atoms with Gasteiger partial charge in [-0.15, -0.1) is 0 Å². The van der Waals surface area contributed by atoms with Crippen LogP contribution in [0.4, 0.5) is 0 Å². The molecular formula is C9H10N2O3. The molecular weight excluding hydrogens is 184 g/mol. The number of aromatic nitrogens is 2. The van der Waals surface area contributed by atoms with Crippen LogP contribution in [0.15, 0.2) is 12.4 Å². The van der Waals surface area contributed by atoms with Crippen LogP contribution in [0, 0.1) is 5.92 Å². The summed E-state index contributed by atoms with van der Waals surface area (Å²) in [7, 11) is 1.81. The zero-order valence-electron chi connectivity index (χ0n) is 7.77. The predicted octanol–water partition coefficient (Wildman–Crippen LogP) is 0.0523. The summed E-state index contributed by atoms with van der Waals surface area (Å²) in [6.07, 6.45) is 4.23. The molecule has 5 heteroatoms. The van der Waals surface area contributed by atoms with Gasteiger partial charge in [0.05, 0.1) is 18.5 Å². The van der Waals surface area contributed by atoms with Gasteiger partial charge >= 0.3 is 11.9 Å². The summed E-state index contributed by atoms with van der Waals surface area (Å²) in [6, 6.07) is 0. The number of carbonyl (C=O) groups is 2. The Kier molecular flexibility index (Phi) is 2.07. The molecule has 1 atom stereocenters. The number of ether oxygens (including phenoxy) is 1. The number of hydrogen-bond donors (Lipinski definition) is 0. The molecule has 1 aromatic rings. The van der Waals surface area contributed by atoms with Gasteiger partial charge in [0, 0.05) is 13.2 Å². The fraction of sp³-hybridized carbons (Fsp3) is 0.444. The number of esters is 2. The van der Waals surface area contributed by atoms with Gasteiger partial charge in [0.2, 0.25) is 0 Å². The van der Waals surface area contributed by atoms with E-state index in [1.54, 1.807) is 10.9 Å². The number of hydrogen-bond acceptors (Lipinski definition) is 4. The lowest BCUT2D eigenvalue weighted by molar-refractivity contribution is -0.153. The van der Waals surface area contributed by atoms with Gasteiger partial charge in [-0.1, -0.05) is 0 Å². The van der Waals surface area contributed by atoms with Crippen LogP contribution < -0.4 is 0 Å². The molecule has 2 rings (SSSR count). The van der Waals surface area contributed by atoms with E-state index in [-0.39, 0.29) is 12.3 Å². The van der Waals surface area contributed by atoms with Crippen molar-refractivity contribution in [2.45, 2.75) is 12.8 Å². The number of carbonyl (C=O) groups excluding carboxylic acids is 2. The van der Waals surface area contributed by atoms with Crippen LogP contribution >= 0.6 is 0 Å². The summed E-state index contributed by atoms with van der Waals surface area (Å²) in [5.74, 6) is -1.17. The van der Waals surface area contributed by atoms with E-state index < -0.39 is 11.9 Å². The Morgan fingerprint density at radius 2 is 2.43 bits per heavy atom. The molecule has 1 aliphatic heterocycles. The first-order chi connectivity index (χ1) is 6.65. The third-order valence-corrected chi connectivity index (χ3v) is 2.20. The van der Waals surface area contributed by atoms with Crippen LogP contribution in [-0.4, -0.2) is 21.7 Å². The average molecular weight is 194 g/mol. The van der Waals surface area contributed by atoms with Gasteiger partial charge in [0.25, 0.3) is 0 Å². The van der Waals surface area contributed by atoms with Crippen LogP contribution in [0.1, 0.15) is 12.0 Å². The van der Waals surface area contributed by atoms with E-state index in [0.717, 1.165) is 5.56 Å². The fourth-order valence-electron chi connectivity index (χ4n) is 1.54. The van der Waals surface area contributed by atoms with E-state index in [9.17, 15) is 9.59 Å². The van der Waals surface area contributed by atoms with Crippen LogP contribution in [0.2, 0.25) is 0 Å². The molecule has 5 nitrogen and oxygen atoms in total. The van der Waals surface area contributed by atoms with Crippen molar-refractivity contribution in [2.24, 2.45) is 13.0 Å². The van der Waals surface area contributed by atoms with Crippen molar-refractivity contribution >= 4 is 11.9 Å². The first kappa shape index (κ1) is 8.93. The smallest absolute Gasteiger partial charge is 0.317 e. The fourth-order valence-corrected chi connectivity index (χ4v) is 1.54. The number of cyclic esters (lactones) is 2. The highest BCUT2D eigenvalue weighted by molar-refractivity contribution is 5.94. The molecule has 0 bridgehead atoms. The van der Waals surface area contributed by atoms with Gasteiger partial charge in [-0.05, 0) is 12.0 Å². The molecule has 1 fully saturated rings. The molecule has 1 saturated heterocycles. The molecule has 0 aliphatic carbocycles. The van der Waals surface area contributed by atoms with E-state index in [1.807, 2.05) is 13.2 Å². The second-order valence-electron chi connectivity index (χ2n) is 3.42. The minimum absolute atomic E-state index is 0.188. The summed E-state index contributed by atoms with van der Waals surface area (Å²) in [5.41, 5.74) is 0.948. The van der Waals surface area contributed by atoms with E-state index in [0.29, 0.717) is 6.42 Å². The minimum Gasteiger partial charge on any atom is -0.393 e. The number of aryl methyl sites for hydroxylation is 1. The standard InChI is InChI=1S/C9H10N2O3/c1-11-5-6(4-10-11)2-7-3-8(12)14-9(7)13/h4-5,7H,2-3H2,1H3. The highest BCUT2D eigenvalue weighted by atomic mass is 16.6. The van der Waals surface area contributed by atoms with Gasteiger partial charge in [-0.3, -0.25) is 14.3 Å². The van der Waals surface area contributed by atoms with Crippen molar-refractivity contribution < 1.29 is 14.3 Å². The van der Waals surface area contributed by atoms with E-state index in [4.69, 9.17) is 0 Å². The van der Waals surface area contributed by atoms with Gasteiger partial charge in [-0.25, -0.2) is 0 Å². The zero-order valence-corrected chi connectivity index (χ0v) is 7.77. The van der Waals surface area contributed by atoms with Crippen LogP contribution in [0.25, 0.3) is 0 Å². The average Bonchev–Trinajstić information content (AvgIpc) is 2.61. The molecule has 0 saturated carbocycles. The van der Waals surface area contributed by atoms with Crippen LogP contribution in [-0.2, 0) is 27.8 Å². The molecule has 0 aromatic carbocycles. The van der Waals surface area contributed by atoms with E-state index >= 15 is 0 Å². The molecule has 2 heterocycles. The Morgan fingerprint density at radius 1 is 1.64 bits per heavy atom. The minimum atomic E-state index is -0.427. The molecule has 1 aliphatic rings. The molecule has 0 amide bonds. The van der Waals surface area contributed by atoms with Crippen molar-refractivity contribution in [1.29, 1.82) is 0 Å². The van der Waals surface area contributed by atoms with Gasteiger partial charge < -0.3 is 4.74 Å². The second kappa shape index (κ2) is 3.25. The Labute approximate surface area is 80.7 Å². The molecule has 1 aromatic heterocycles. The topological polar surface area (TPSA) is 61.2 Å². The highest BCUT2D eigenvalue weighted by Gasteiger charge is 2.33. The summed E-state index contributed by atoms with van der Waals surface area (Å²) >= 11 is 0. The first-order valence-electron chi connectivity index (χ1n) is 4.37. The monoisotopic (exact) mass is 194 g/mol. The summed E-state index contributed by atoms with van der Waals surface area (Å²) in [6.45, 7) is 0. The van der Waals surface area contributed by atoms with Crippen molar-refractivity contribution in [3.8, 4) is 0 Å². The Balaban J connectivity index is 2.05. The zero-order chi connectivity index (χ0) is 10.1. The Morgan fingerprint density at radius 3 is 2.93 bits per heavy atom. The molecule has 0 N–H and O–H groups in total. The van der Waals surface area contributed by atoms with Crippen LogP contribution in [0.5, 0.6) is 0 Å². The molecule has 14 heavy (non-hydrogen) atoms. The van der Waals surface area contributed by atoms with E-state index in [2.05, 4.69) is 9.84 Å². The van der Waals surface area contributed by atoms with Crippen molar-refractivity contribution in [3.05, 3.63) is 18.0 Å². The van der Waals surface area contributed by atoms with Crippen LogP contribution in [0.3, 0.4) is 0 Å². The van der Waals surface area contributed by atoms with Gasteiger partial charge in [0.1, 0.15) is 0 Å². The quantitative estimate of drug-likeness (QED) is 0.493. The summed E-state index contributed by atoms with van der Waals surface area (Å²) in [4.78, 5) is 21.9. The first-order valence-corrected chi connectivity index (χ1v) is 4.37. The Bertz CT molecular complexity index is 383. The molecule has 74 valence electrons. The third kappa shape index (κ3) is 1.66. The SMILES string of the molecule is Cn1cc(CC2CC(=O)OC2=O)cn1. The molecule has 0 spiro atoms. The molecule has 1 unspecified atom stereocenters. The maximum atomic E-state index is 11.1. The van der Waals surface area contributed by atoms with E-state index in [1.165, 1.54) is 0 Å². The maximum absolute atomic E-state index is 11.1. The van der Waals surface area contributed by atoms with Crippen molar-refractivity contribution in [1.82, 2.24) is 9.78 Å². The van der Waals surface area contributed by atoms with Crippen molar-refractivity contribution in [3.63, 3.8) is 0 Å². The predicted molar refractivity (Wildman–Crippen MR) is 46.1 cm³/mol. The summed E-state index contributed by atoms with van der Waals surface area (Å²) < 4.78 is 6.11. The molecule has 0 radical (unpaired) electrons. The lowest BCUT2D eigenvalue weighted by atomic mass is 10.0. The van der Waals surface area contributed by atoms with Gasteiger partial charge in [0.15, 0.2) is 0 Å². The Hall–Kier alpha value is -1.65. The second-order valence-corrected chi connectivity index (χ2v) is 3.42. The normalized spacial score (nSPS) is 21.4. The largest absolute Gasteiger partial charge is 0.393 e. The van der Waals surface area contributed by atoms with Crippen molar-refractivity contribution in [2.75, 3.05) is 0 Å². The summed E-state index contributed by atoms with van der Waals surface area (Å²) in [5, 5.41) is 3.98. The third-order valence-electron chi connectivity index (χ3n) is 2.20. The number of nitrogens with zero attached hydrogens (tertiary/aromatic N) is 2. The van der Waals surface area contributed by atoms with Gasteiger partial charge in [-0.2, -0.15) is 5.10 Å². The maximum Gasteiger partial charge on any atom is 0.317 e. The number of rotatable bonds is 2. The lowest BCUT2D eigenvalue weighted by Crippen LogP contribution is -2.10. The highest BCUT2D eigenvalue weighted by Crippen LogP contribution is 2.20. The lowest BCUT2D eigenvalue weighted by Gasteiger charge is -1.99.